The first kappa shape index (κ1) is 31.1. The summed E-state index contributed by atoms with van der Waals surface area (Å²) in [5, 5.41) is 21.0. The number of carbonyl (C=O) groups excluding carboxylic acids is 3. The summed E-state index contributed by atoms with van der Waals surface area (Å²) in [5.74, 6) is 0.691. The van der Waals surface area contributed by atoms with Gasteiger partial charge in [-0.1, -0.05) is 34.3 Å². The van der Waals surface area contributed by atoms with Crippen molar-refractivity contribution in [3.8, 4) is 0 Å². The Bertz CT molecular complexity index is 761. The SMILES string of the molecule is C=C1N(CC)CC(=O)N1CC(C)(C)CCC(O)CCCC(O)CCC(C)(C)CN1C(=O)CN(CC)C1=O. The van der Waals surface area contributed by atoms with Gasteiger partial charge < -0.3 is 20.0 Å². The van der Waals surface area contributed by atoms with Crippen molar-refractivity contribution in [3.63, 3.8) is 0 Å². The lowest BCUT2D eigenvalue weighted by atomic mass is 9.84. The maximum Gasteiger partial charge on any atom is 0.327 e. The minimum Gasteiger partial charge on any atom is -0.393 e. The lowest BCUT2D eigenvalue weighted by Gasteiger charge is -2.32. The maximum absolute atomic E-state index is 12.4. The summed E-state index contributed by atoms with van der Waals surface area (Å²) in [5.41, 5.74) is -0.419. The quantitative estimate of drug-likeness (QED) is 0.301. The fourth-order valence-electron chi connectivity index (χ4n) is 5.13. The molecule has 2 aliphatic heterocycles. The maximum atomic E-state index is 12.4. The Morgan fingerprint density at radius 2 is 1.19 bits per heavy atom. The molecular weight excluding hydrogens is 472 g/mol. The van der Waals surface area contributed by atoms with E-state index in [9.17, 15) is 24.6 Å². The zero-order valence-corrected chi connectivity index (χ0v) is 24.0. The van der Waals surface area contributed by atoms with Crippen LogP contribution in [0.2, 0.25) is 0 Å². The van der Waals surface area contributed by atoms with E-state index in [1.807, 2.05) is 32.6 Å². The van der Waals surface area contributed by atoms with E-state index in [4.69, 9.17) is 0 Å². The normalized spacial score (nSPS) is 19.0. The average molecular weight is 523 g/mol. The van der Waals surface area contributed by atoms with Crippen LogP contribution in [0.25, 0.3) is 0 Å². The molecule has 2 atom stereocenters. The Morgan fingerprint density at radius 3 is 1.62 bits per heavy atom. The van der Waals surface area contributed by atoms with Crippen molar-refractivity contribution in [2.24, 2.45) is 10.8 Å². The predicted molar refractivity (Wildman–Crippen MR) is 144 cm³/mol. The van der Waals surface area contributed by atoms with Crippen LogP contribution in [0.5, 0.6) is 0 Å². The molecule has 2 N–H and O–H groups in total. The summed E-state index contributed by atoms with van der Waals surface area (Å²) in [6.07, 6.45) is 3.76. The first-order valence-corrected chi connectivity index (χ1v) is 13.9. The van der Waals surface area contributed by atoms with Gasteiger partial charge in [-0.3, -0.25) is 19.4 Å². The molecule has 0 saturated carbocycles. The Balaban J connectivity index is 1.66. The van der Waals surface area contributed by atoms with Crippen LogP contribution in [0.1, 0.15) is 86.5 Å². The molecule has 2 rings (SSSR count). The van der Waals surface area contributed by atoms with Crippen molar-refractivity contribution in [2.75, 3.05) is 39.3 Å². The number of aliphatic hydroxyl groups is 2. The third kappa shape index (κ3) is 8.99. The number of aliphatic hydroxyl groups excluding tert-OH is 2. The predicted octanol–water partition coefficient (Wildman–Crippen LogP) is 3.41. The van der Waals surface area contributed by atoms with Crippen molar-refractivity contribution in [2.45, 2.75) is 98.7 Å². The monoisotopic (exact) mass is 522 g/mol. The van der Waals surface area contributed by atoms with E-state index in [2.05, 4.69) is 20.4 Å². The van der Waals surface area contributed by atoms with Gasteiger partial charge in [-0.05, 0) is 69.6 Å². The van der Waals surface area contributed by atoms with Crippen LogP contribution in [0.4, 0.5) is 4.79 Å². The van der Waals surface area contributed by atoms with E-state index in [1.54, 1.807) is 9.80 Å². The molecule has 2 fully saturated rings. The molecule has 0 bridgehead atoms. The Hall–Kier alpha value is -2.13. The van der Waals surface area contributed by atoms with Crippen molar-refractivity contribution < 1.29 is 24.6 Å². The molecule has 212 valence electrons. The molecule has 37 heavy (non-hydrogen) atoms. The second kappa shape index (κ2) is 13.1. The summed E-state index contributed by atoms with van der Waals surface area (Å²) >= 11 is 0. The van der Waals surface area contributed by atoms with Gasteiger partial charge in [0.1, 0.15) is 12.4 Å². The lowest BCUT2D eigenvalue weighted by Crippen LogP contribution is -2.40. The van der Waals surface area contributed by atoms with Crippen molar-refractivity contribution >= 4 is 17.8 Å². The molecule has 9 heteroatoms. The minimum atomic E-state index is -0.478. The van der Waals surface area contributed by atoms with Crippen LogP contribution in [0.3, 0.4) is 0 Å². The highest BCUT2D eigenvalue weighted by atomic mass is 16.3. The third-order valence-corrected chi connectivity index (χ3v) is 7.75. The zero-order chi connectivity index (χ0) is 28.0. The second-order valence-electron chi connectivity index (χ2n) is 12.3. The summed E-state index contributed by atoms with van der Waals surface area (Å²) < 4.78 is 0. The van der Waals surface area contributed by atoms with E-state index in [1.165, 1.54) is 4.90 Å². The smallest absolute Gasteiger partial charge is 0.327 e. The fourth-order valence-corrected chi connectivity index (χ4v) is 5.13. The van der Waals surface area contributed by atoms with Crippen LogP contribution in [-0.2, 0) is 9.59 Å². The van der Waals surface area contributed by atoms with Gasteiger partial charge in [0.05, 0.1) is 18.8 Å². The van der Waals surface area contributed by atoms with Crippen molar-refractivity contribution in [3.05, 3.63) is 12.4 Å². The second-order valence-corrected chi connectivity index (χ2v) is 12.3. The van der Waals surface area contributed by atoms with E-state index >= 15 is 0 Å². The van der Waals surface area contributed by atoms with Gasteiger partial charge >= 0.3 is 6.03 Å². The highest BCUT2D eigenvalue weighted by Crippen LogP contribution is 2.30. The molecule has 0 aliphatic carbocycles. The molecule has 2 aliphatic rings. The molecule has 2 unspecified atom stereocenters. The van der Waals surface area contributed by atoms with Crippen molar-refractivity contribution in [1.82, 2.24) is 19.6 Å². The van der Waals surface area contributed by atoms with Crippen LogP contribution in [-0.4, -0.2) is 99.1 Å². The summed E-state index contributed by atoms with van der Waals surface area (Å²) in [6, 6.07) is -0.224. The van der Waals surface area contributed by atoms with E-state index in [0.29, 0.717) is 58.3 Å². The van der Waals surface area contributed by atoms with E-state index in [-0.39, 0.29) is 35.2 Å². The lowest BCUT2D eigenvalue weighted by molar-refractivity contribution is -0.127. The van der Waals surface area contributed by atoms with Gasteiger partial charge in [-0.25, -0.2) is 4.79 Å². The Kier molecular flexibility index (Phi) is 11.0. The third-order valence-electron chi connectivity index (χ3n) is 7.75. The van der Waals surface area contributed by atoms with Gasteiger partial charge in [0.15, 0.2) is 0 Å². The first-order chi connectivity index (χ1) is 17.2. The van der Waals surface area contributed by atoms with Crippen LogP contribution < -0.4 is 0 Å². The van der Waals surface area contributed by atoms with Crippen LogP contribution in [0.15, 0.2) is 12.4 Å². The summed E-state index contributed by atoms with van der Waals surface area (Å²) in [7, 11) is 0. The minimum absolute atomic E-state index is 0.0826. The van der Waals surface area contributed by atoms with E-state index < -0.39 is 12.2 Å². The molecule has 2 heterocycles. The summed E-state index contributed by atoms with van der Waals surface area (Å²) in [6.45, 7) is 19.0. The number of imide groups is 1. The number of urea groups is 1. The molecule has 0 aromatic heterocycles. The number of amides is 4. The first-order valence-electron chi connectivity index (χ1n) is 13.9. The molecule has 9 nitrogen and oxygen atoms in total. The highest BCUT2D eigenvalue weighted by molar-refractivity contribution is 6.02. The fraction of sp³-hybridized carbons (Fsp3) is 0.821. The molecule has 0 spiro atoms. The summed E-state index contributed by atoms with van der Waals surface area (Å²) in [4.78, 5) is 43.5. The number of hydrogen-bond donors (Lipinski definition) is 2. The molecule has 2 saturated heterocycles. The molecule has 0 aromatic rings. The number of likely N-dealkylation sites (N-methyl/N-ethyl adjacent to an activating group) is 2. The number of carbonyl (C=O) groups is 3. The molecule has 4 amide bonds. The highest BCUT2D eigenvalue weighted by Gasteiger charge is 2.38. The molecule has 0 aromatic carbocycles. The standard InChI is InChI=1S/C28H50N4O5/c1-8-29-17-24(35)31(21(29)3)19-27(4,5)15-13-22(33)11-10-12-23(34)14-16-28(6,7)20-32-25(36)18-30(9-2)26(32)37/h22-23,33-34H,3,8-20H2,1-2,4-7H3. The van der Waals surface area contributed by atoms with E-state index in [0.717, 1.165) is 25.2 Å². The van der Waals surface area contributed by atoms with Crippen LogP contribution >= 0.6 is 0 Å². The van der Waals surface area contributed by atoms with Crippen molar-refractivity contribution in [1.29, 1.82) is 0 Å². The number of nitrogens with zero attached hydrogens (tertiary/aromatic N) is 4. The number of rotatable bonds is 16. The number of hydrogen-bond acceptors (Lipinski definition) is 6. The van der Waals surface area contributed by atoms with Gasteiger partial charge in [0, 0.05) is 26.2 Å². The van der Waals surface area contributed by atoms with Crippen LogP contribution in [0, 0.1) is 10.8 Å². The Labute approximate surface area is 223 Å². The molecular formula is C28H50N4O5. The largest absolute Gasteiger partial charge is 0.393 e. The topological polar surface area (TPSA) is 105 Å². The van der Waals surface area contributed by atoms with Gasteiger partial charge in [-0.15, -0.1) is 0 Å². The van der Waals surface area contributed by atoms with Gasteiger partial charge in [0.2, 0.25) is 11.8 Å². The zero-order valence-electron chi connectivity index (χ0n) is 24.0. The molecule has 0 radical (unpaired) electrons. The van der Waals surface area contributed by atoms with Gasteiger partial charge in [-0.2, -0.15) is 0 Å². The Morgan fingerprint density at radius 1 is 0.757 bits per heavy atom. The van der Waals surface area contributed by atoms with Gasteiger partial charge in [0.25, 0.3) is 0 Å². The average Bonchev–Trinajstić information content (AvgIpc) is 3.25.